The van der Waals surface area contributed by atoms with Gasteiger partial charge in [0.1, 0.15) is 6.04 Å². The Hall–Kier alpha value is -1.26. The van der Waals surface area contributed by atoms with E-state index in [4.69, 9.17) is 23.2 Å². The maximum absolute atomic E-state index is 12.4. The van der Waals surface area contributed by atoms with Crippen LogP contribution in [0.15, 0.2) is 18.2 Å². The van der Waals surface area contributed by atoms with Gasteiger partial charge < -0.3 is 10.2 Å². The lowest BCUT2D eigenvalue weighted by Gasteiger charge is -2.34. The summed E-state index contributed by atoms with van der Waals surface area (Å²) in [5.74, 6) is -0.0920. The number of aryl methyl sites for hydroxylation is 1. The van der Waals surface area contributed by atoms with Gasteiger partial charge in [-0.15, -0.1) is 0 Å². The molecule has 0 saturated carbocycles. The highest BCUT2D eigenvalue weighted by Crippen LogP contribution is 2.26. The smallest absolute Gasteiger partial charge is 0.242 e. The molecule has 1 aromatic rings. The molecule has 0 bridgehead atoms. The maximum atomic E-state index is 12.4. The molecule has 0 radical (unpaired) electrons. The second kappa shape index (κ2) is 7.14. The van der Waals surface area contributed by atoms with Crippen molar-refractivity contribution in [3.8, 4) is 0 Å². The molecule has 1 atom stereocenters. The standard InChI is InChI=1S/C15H18Cl2N2O2/c1-2-12-15(21)18-8-9-19(12)13(20)7-6-10-4-3-5-11(16)14(10)17/h3-5,12H,2,6-9H2,1H3,(H,18,21). The van der Waals surface area contributed by atoms with Gasteiger partial charge in [-0.1, -0.05) is 42.3 Å². The molecule has 1 aliphatic heterocycles. The number of halogens is 2. The number of rotatable bonds is 4. The van der Waals surface area contributed by atoms with Crippen LogP contribution in [0.3, 0.4) is 0 Å². The van der Waals surface area contributed by atoms with Crippen molar-refractivity contribution in [3.05, 3.63) is 33.8 Å². The van der Waals surface area contributed by atoms with Gasteiger partial charge in [-0.05, 0) is 24.5 Å². The van der Waals surface area contributed by atoms with Gasteiger partial charge in [0.05, 0.1) is 10.0 Å². The number of hydrogen-bond acceptors (Lipinski definition) is 2. The fourth-order valence-corrected chi connectivity index (χ4v) is 2.96. The number of carbonyl (C=O) groups is 2. The van der Waals surface area contributed by atoms with E-state index in [9.17, 15) is 9.59 Å². The average Bonchev–Trinajstić information content (AvgIpc) is 2.48. The van der Waals surface area contributed by atoms with E-state index in [1.165, 1.54) is 0 Å². The van der Waals surface area contributed by atoms with Crippen LogP contribution in [0, 0.1) is 0 Å². The van der Waals surface area contributed by atoms with Crippen LogP contribution in [-0.4, -0.2) is 35.8 Å². The monoisotopic (exact) mass is 328 g/mol. The van der Waals surface area contributed by atoms with E-state index in [0.29, 0.717) is 42.4 Å². The fraction of sp³-hybridized carbons (Fsp3) is 0.467. The lowest BCUT2D eigenvalue weighted by Crippen LogP contribution is -2.56. The molecular weight excluding hydrogens is 311 g/mol. The molecule has 1 aromatic carbocycles. The lowest BCUT2D eigenvalue weighted by molar-refractivity contribution is -0.143. The summed E-state index contributed by atoms with van der Waals surface area (Å²) in [5, 5.41) is 3.77. The van der Waals surface area contributed by atoms with E-state index in [1.807, 2.05) is 19.1 Å². The number of amides is 2. The first-order valence-corrected chi connectivity index (χ1v) is 7.80. The van der Waals surface area contributed by atoms with Gasteiger partial charge >= 0.3 is 0 Å². The molecule has 114 valence electrons. The van der Waals surface area contributed by atoms with Crippen molar-refractivity contribution < 1.29 is 9.59 Å². The van der Waals surface area contributed by atoms with Crippen molar-refractivity contribution in [2.75, 3.05) is 13.1 Å². The minimum atomic E-state index is -0.360. The Morgan fingerprint density at radius 3 is 2.90 bits per heavy atom. The Bertz CT molecular complexity index is 548. The first-order valence-electron chi connectivity index (χ1n) is 7.04. The lowest BCUT2D eigenvalue weighted by atomic mass is 10.1. The molecule has 1 aliphatic rings. The van der Waals surface area contributed by atoms with E-state index in [-0.39, 0.29) is 17.9 Å². The van der Waals surface area contributed by atoms with Crippen molar-refractivity contribution in [2.24, 2.45) is 0 Å². The van der Waals surface area contributed by atoms with Gasteiger partial charge in [-0.25, -0.2) is 0 Å². The van der Waals surface area contributed by atoms with Gasteiger partial charge in [0, 0.05) is 19.5 Å². The zero-order valence-electron chi connectivity index (χ0n) is 11.9. The van der Waals surface area contributed by atoms with Gasteiger partial charge in [0.2, 0.25) is 11.8 Å². The molecule has 0 aliphatic carbocycles. The zero-order valence-corrected chi connectivity index (χ0v) is 13.4. The van der Waals surface area contributed by atoms with Crippen LogP contribution in [0.4, 0.5) is 0 Å². The Morgan fingerprint density at radius 1 is 1.43 bits per heavy atom. The summed E-state index contributed by atoms with van der Waals surface area (Å²) < 4.78 is 0. The largest absolute Gasteiger partial charge is 0.353 e. The first kappa shape index (κ1) is 16.1. The van der Waals surface area contributed by atoms with Crippen molar-refractivity contribution >= 4 is 35.0 Å². The highest BCUT2D eigenvalue weighted by Gasteiger charge is 2.31. The van der Waals surface area contributed by atoms with Crippen LogP contribution in [0.25, 0.3) is 0 Å². The van der Waals surface area contributed by atoms with Crippen molar-refractivity contribution in [1.29, 1.82) is 0 Å². The summed E-state index contributed by atoms with van der Waals surface area (Å²) in [4.78, 5) is 25.8. The van der Waals surface area contributed by atoms with Crippen LogP contribution in [-0.2, 0) is 16.0 Å². The summed E-state index contributed by atoms with van der Waals surface area (Å²) in [6, 6.07) is 5.04. The minimum Gasteiger partial charge on any atom is -0.353 e. The average molecular weight is 329 g/mol. The third-order valence-electron chi connectivity index (χ3n) is 3.68. The second-order valence-corrected chi connectivity index (χ2v) is 5.80. The molecule has 1 N–H and O–H groups in total. The molecule has 1 unspecified atom stereocenters. The molecule has 2 amide bonds. The highest BCUT2D eigenvalue weighted by molar-refractivity contribution is 6.42. The second-order valence-electron chi connectivity index (χ2n) is 5.02. The summed E-state index contributed by atoms with van der Waals surface area (Å²) in [6.45, 7) is 2.98. The Morgan fingerprint density at radius 2 is 2.19 bits per heavy atom. The third kappa shape index (κ3) is 3.69. The summed E-state index contributed by atoms with van der Waals surface area (Å²) in [5.41, 5.74) is 0.854. The zero-order chi connectivity index (χ0) is 15.4. The Kier molecular flexibility index (Phi) is 5.48. The molecule has 2 rings (SSSR count). The van der Waals surface area contributed by atoms with E-state index in [0.717, 1.165) is 5.56 Å². The molecule has 1 fully saturated rings. The molecule has 0 aromatic heterocycles. The Labute approximate surface area is 134 Å². The van der Waals surface area contributed by atoms with Crippen LogP contribution >= 0.6 is 23.2 Å². The summed E-state index contributed by atoms with van der Waals surface area (Å²) in [6.07, 6.45) is 1.46. The predicted octanol–water partition coefficient (Wildman–Crippen LogP) is 2.66. The summed E-state index contributed by atoms with van der Waals surface area (Å²) >= 11 is 12.1. The third-order valence-corrected chi connectivity index (χ3v) is 4.54. The molecule has 1 saturated heterocycles. The molecule has 6 heteroatoms. The van der Waals surface area contributed by atoms with Gasteiger partial charge in [-0.2, -0.15) is 0 Å². The van der Waals surface area contributed by atoms with E-state index >= 15 is 0 Å². The van der Waals surface area contributed by atoms with E-state index < -0.39 is 0 Å². The molecule has 0 spiro atoms. The number of benzene rings is 1. The van der Waals surface area contributed by atoms with Crippen LogP contribution in [0.5, 0.6) is 0 Å². The quantitative estimate of drug-likeness (QED) is 0.923. The SMILES string of the molecule is CCC1C(=O)NCCN1C(=O)CCc1cccc(Cl)c1Cl. The molecule has 1 heterocycles. The molecular formula is C15H18Cl2N2O2. The van der Waals surface area contributed by atoms with Crippen LogP contribution < -0.4 is 5.32 Å². The van der Waals surface area contributed by atoms with Crippen LogP contribution in [0.1, 0.15) is 25.3 Å². The van der Waals surface area contributed by atoms with Gasteiger partial charge in [-0.3, -0.25) is 9.59 Å². The molecule has 21 heavy (non-hydrogen) atoms. The number of hydrogen-bond donors (Lipinski definition) is 1. The van der Waals surface area contributed by atoms with Gasteiger partial charge in [0.25, 0.3) is 0 Å². The minimum absolute atomic E-state index is 0.0206. The van der Waals surface area contributed by atoms with E-state index in [1.54, 1.807) is 11.0 Å². The fourth-order valence-electron chi connectivity index (χ4n) is 2.55. The Balaban J connectivity index is 2.01. The van der Waals surface area contributed by atoms with Crippen molar-refractivity contribution in [1.82, 2.24) is 10.2 Å². The normalized spacial score (nSPS) is 18.5. The summed E-state index contributed by atoms with van der Waals surface area (Å²) in [7, 11) is 0. The predicted molar refractivity (Wildman–Crippen MR) is 83.6 cm³/mol. The number of carbonyl (C=O) groups excluding carboxylic acids is 2. The van der Waals surface area contributed by atoms with Gasteiger partial charge in [0.15, 0.2) is 0 Å². The van der Waals surface area contributed by atoms with E-state index in [2.05, 4.69) is 5.32 Å². The van der Waals surface area contributed by atoms with Crippen molar-refractivity contribution in [3.63, 3.8) is 0 Å². The first-order chi connectivity index (χ1) is 10.0. The maximum Gasteiger partial charge on any atom is 0.242 e. The van der Waals surface area contributed by atoms with Crippen LogP contribution in [0.2, 0.25) is 10.0 Å². The highest BCUT2D eigenvalue weighted by atomic mass is 35.5. The topological polar surface area (TPSA) is 49.4 Å². The number of piperazine rings is 1. The van der Waals surface area contributed by atoms with Crippen molar-refractivity contribution in [2.45, 2.75) is 32.2 Å². The number of nitrogens with zero attached hydrogens (tertiary/aromatic N) is 1. The molecule has 4 nitrogen and oxygen atoms in total. The number of nitrogens with one attached hydrogen (secondary N) is 1.